The molecule has 3 unspecified atom stereocenters. The van der Waals surface area contributed by atoms with Gasteiger partial charge in [0.15, 0.2) is 0 Å². The summed E-state index contributed by atoms with van der Waals surface area (Å²) in [6.07, 6.45) is 6.53. The summed E-state index contributed by atoms with van der Waals surface area (Å²) >= 11 is 0. The molecule has 2 aliphatic heterocycles. The van der Waals surface area contributed by atoms with Crippen molar-refractivity contribution in [1.82, 2.24) is 10.2 Å². The Kier molecular flexibility index (Phi) is 3.64. The molecule has 0 amide bonds. The number of nitrogens with one attached hydrogen (secondary N) is 1. The van der Waals surface area contributed by atoms with E-state index in [2.05, 4.69) is 28.4 Å². The summed E-state index contributed by atoms with van der Waals surface area (Å²) in [5.74, 6) is 1.90. The van der Waals surface area contributed by atoms with Crippen LogP contribution in [0, 0.1) is 5.92 Å². The highest BCUT2D eigenvalue weighted by molar-refractivity contribution is 5.38. The predicted octanol–water partition coefficient (Wildman–Crippen LogP) is 2.24. The minimum atomic E-state index is 0.733. The average Bonchev–Trinajstić information content (AvgIpc) is 2.97. The van der Waals surface area contributed by atoms with E-state index in [1.165, 1.54) is 62.9 Å². The number of nitrogens with zero attached hydrogens (tertiary/aromatic N) is 1. The number of ether oxygens (including phenoxy) is 1. The highest BCUT2D eigenvalue weighted by Crippen LogP contribution is 2.32. The summed E-state index contributed by atoms with van der Waals surface area (Å²) < 4.78 is 5.39. The summed E-state index contributed by atoms with van der Waals surface area (Å²) in [4.78, 5) is 2.76. The van der Waals surface area contributed by atoms with Gasteiger partial charge in [-0.1, -0.05) is 6.07 Å². The third-order valence-electron chi connectivity index (χ3n) is 5.76. The molecule has 0 aromatic heterocycles. The van der Waals surface area contributed by atoms with Gasteiger partial charge in [0.1, 0.15) is 5.75 Å². The van der Waals surface area contributed by atoms with Crippen molar-refractivity contribution < 1.29 is 4.74 Å². The molecule has 0 bridgehead atoms. The molecule has 3 atom stereocenters. The van der Waals surface area contributed by atoms with Crippen molar-refractivity contribution in [3.8, 4) is 5.75 Å². The molecule has 1 N–H and O–H groups in total. The average molecular weight is 286 g/mol. The minimum absolute atomic E-state index is 0.733. The lowest BCUT2D eigenvalue weighted by Crippen LogP contribution is -2.42. The van der Waals surface area contributed by atoms with Crippen molar-refractivity contribution in [2.24, 2.45) is 5.92 Å². The maximum absolute atomic E-state index is 5.39. The maximum Gasteiger partial charge on any atom is 0.119 e. The molecule has 0 radical (unpaired) electrons. The van der Waals surface area contributed by atoms with Crippen LogP contribution >= 0.6 is 0 Å². The van der Waals surface area contributed by atoms with Gasteiger partial charge >= 0.3 is 0 Å². The zero-order valence-corrected chi connectivity index (χ0v) is 13.0. The van der Waals surface area contributed by atoms with Crippen molar-refractivity contribution in [2.45, 2.75) is 44.2 Å². The van der Waals surface area contributed by atoms with E-state index in [1.54, 1.807) is 7.11 Å². The molecule has 3 heteroatoms. The smallest absolute Gasteiger partial charge is 0.119 e. The number of benzene rings is 1. The van der Waals surface area contributed by atoms with Gasteiger partial charge in [0.25, 0.3) is 0 Å². The summed E-state index contributed by atoms with van der Waals surface area (Å²) in [6, 6.07) is 8.11. The maximum atomic E-state index is 5.39. The second-order valence-electron chi connectivity index (χ2n) is 6.95. The zero-order chi connectivity index (χ0) is 14.2. The first-order valence-corrected chi connectivity index (χ1v) is 8.46. The molecule has 2 saturated heterocycles. The summed E-state index contributed by atoms with van der Waals surface area (Å²) in [5, 5.41) is 3.73. The van der Waals surface area contributed by atoms with Crippen molar-refractivity contribution >= 4 is 0 Å². The van der Waals surface area contributed by atoms with Gasteiger partial charge in [-0.05, 0) is 67.8 Å². The Balaban J connectivity index is 1.48. The molecule has 1 aliphatic carbocycles. The third-order valence-corrected chi connectivity index (χ3v) is 5.76. The Hall–Kier alpha value is -1.06. The number of rotatable bonds is 2. The third kappa shape index (κ3) is 2.58. The topological polar surface area (TPSA) is 24.5 Å². The Labute approximate surface area is 127 Å². The normalized spacial score (nSPS) is 32.5. The molecule has 0 saturated carbocycles. The number of piperidine rings is 1. The van der Waals surface area contributed by atoms with E-state index in [-0.39, 0.29) is 0 Å². The standard InChI is InChI=1S/C18H26N2O/c1-21-17-7-5-13-4-6-16(9-15(13)10-17)20-11-14-3-2-8-19-18(14)12-20/h5,7,10,14,16,18-19H,2-4,6,8-9,11-12H2,1H3. The molecule has 21 heavy (non-hydrogen) atoms. The first-order chi connectivity index (χ1) is 10.3. The molecule has 3 aliphatic rings. The number of likely N-dealkylation sites (tertiary alicyclic amines) is 1. The van der Waals surface area contributed by atoms with Crippen LogP contribution in [0.1, 0.15) is 30.4 Å². The van der Waals surface area contributed by atoms with Gasteiger partial charge in [-0.25, -0.2) is 0 Å². The van der Waals surface area contributed by atoms with E-state index >= 15 is 0 Å². The number of aryl methyl sites for hydroxylation is 1. The van der Waals surface area contributed by atoms with Gasteiger partial charge in [-0.2, -0.15) is 0 Å². The molecule has 3 nitrogen and oxygen atoms in total. The fourth-order valence-corrected chi connectivity index (χ4v) is 4.53. The number of fused-ring (bicyclic) bond motifs is 2. The Morgan fingerprint density at radius 2 is 2.14 bits per heavy atom. The molecule has 114 valence electrons. The number of hydrogen-bond donors (Lipinski definition) is 1. The lowest BCUT2D eigenvalue weighted by molar-refractivity contribution is 0.212. The lowest BCUT2D eigenvalue weighted by Gasteiger charge is -2.32. The van der Waals surface area contributed by atoms with Gasteiger partial charge in [-0.15, -0.1) is 0 Å². The lowest BCUT2D eigenvalue weighted by atomic mass is 9.87. The van der Waals surface area contributed by atoms with E-state index in [0.717, 1.165) is 23.8 Å². The fourth-order valence-electron chi connectivity index (χ4n) is 4.53. The number of hydrogen-bond acceptors (Lipinski definition) is 3. The molecular weight excluding hydrogens is 260 g/mol. The van der Waals surface area contributed by atoms with E-state index in [9.17, 15) is 0 Å². The predicted molar refractivity (Wildman–Crippen MR) is 84.9 cm³/mol. The van der Waals surface area contributed by atoms with Crippen molar-refractivity contribution in [1.29, 1.82) is 0 Å². The zero-order valence-electron chi connectivity index (χ0n) is 13.0. The van der Waals surface area contributed by atoms with Crippen LogP contribution in [0.5, 0.6) is 5.75 Å². The second-order valence-corrected chi connectivity index (χ2v) is 6.95. The quantitative estimate of drug-likeness (QED) is 0.902. The molecule has 1 aromatic carbocycles. The van der Waals surface area contributed by atoms with E-state index < -0.39 is 0 Å². The molecule has 2 heterocycles. The fraction of sp³-hybridized carbons (Fsp3) is 0.667. The second kappa shape index (κ2) is 5.62. The molecule has 0 spiro atoms. The highest BCUT2D eigenvalue weighted by atomic mass is 16.5. The molecular formula is C18H26N2O. The van der Waals surface area contributed by atoms with E-state index in [4.69, 9.17) is 4.74 Å². The Bertz CT molecular complexity index is 502. The number of methoxy groups -OCH3 is 1. The van der Waals surface area contributed by atoms with Gasteiger partial charge in [0, 0.05) is 25.2 Å². The van der Waals surface area contributed by atoms with Gasteiger partial charge in [0.2, 0.25) is 0 Å². The van der Waals surface area contributed by atoms with Crippen LogP contribution in [0.15, 0.2) is 18.2 Å². The molecule has 4 rings (SSSR count). The first-order valence-electron chi connectivity index (χ1n) is 8.46. The summed E-state index contributed by atoms with van der Waals surface area (Å²) in [6.45, 7) is 3.79. The molecule has 2 fully saturated rings. The van der Waals surface area contributed by atoms with Crippen LogP contribution in [0.3, 0.4) is 0 Å². The van der Waals surface area contributed by atoms with Crippen LogP contribution in [0.25, 0.3) is 0 Å². The van der Waals surface area contributed by atoms with Crippen molar-refractivity contribution in [2.75, 3.05) is 26.7 Å². The van der Waals surface area contributed by atoms with Gasteiger partial charge in [0.05, 0.1) is 7.11 Å². The monoisotopic (exact) mass is 286 g/mol. The van der Waals surface area contributed by atoms with E-state index in [1.807, 2.05) is 0 Å². The van der Waals surface area contributed by atoms with Crippen molar-refractivity contribution in [3.05, 3.63) is 29.3 Å². The van der Waals surface area contributed by atoms with Gasteiger partial charge in [-0.3, -0.25) is 4.90 Å². The van der Waals surface area contributed by atoms with Crippen LogP contribution in [0.4, 0.5) is 0 Å². The van der Waals surface area contributed by atoms with Crippen LogP contribution < -0.4 is 10.1 Å². The van der Waals surface area contributed by atoms with Crippen molar-refractivity contribution in [3.63, 3.8) is 0 Å². The summed E-state index contributed by atoms with van der Waals surface area (Å²) in [5.41, 5.74) is 3.04. The minimum Gasteiger partial charge on any atom is -0.497 e. The van der Waals surface area contributed by atoms with Crippen LogP contribution in [-0.4, -0.2) is 43.7 Å². The highest BCUT2D eigenvalue weighted by Gasteiger charge is 2.37. The largest absolute Gasteiger partial charge is 0.497 e. The summed E-state index contributed by atoms with van der Waals surface area (Å²) in [7, 11) is 1.76. The first kappa shape index (κ1) is 13.6. The SMILES string of the molecule is COc1ccc2c(c1)CC(N1CC3CCCNC3C1)CC2. The molecule has 1 aromatic rings. The van der Waals surface area contributed by atoms with E-state index in [0.29, 0.717) is 0 Å². The van der Waals surface area contributed by atoms with Gasteiger partial charge < -0.3 is 10.1 Å². The Morgan fingerprint density at radius 3 is 3.00 bits per heavy atom. The Morgan fingerprint density at radius 1 is 1.19 bits per heavy atom. The van der Waals surface area contributed by atoms with Crippen LogP contribution in [0.2, 0.25) is 0 Å². The van der Waals surface area contributed by atoms with Crippen LogP contribution in [-0.2, 0) is 12.8 Å².